The van der Waals surface area contributed by atoms with Crippen molar-refractivity contribution >= 4 is 38.6 Å². The maximum atomic E-state index is 12.3. The molecule has 3 rings (SSSR count). The molecule has 1 heterocycles. The summed E-state index contributed by atoms with van der Waals surface area (Å²) in [5.74, 6) is 0.273. The zero-order valence-corrected chi connectivity index (χ0v) is 15.6. The Kier molecular flexibility index (Phi) is 5.13. The lowest BCUT2D eigenvalue weighted by atomic mass is 10.2. The second-order valence-electron chi connectivity index (χ2n) is 5.39. The lowest BCUT2D eigenvalue weighted by Gasteiger charge is -2.06. The number of carbonyl (C=O) groups is 2. The normalized spacial score (nSPS) is 10.4. The molecule has 1 aromatic heterocycles. The number of benzene rings is 2. The zero-order valence-electron chi connectivity index (χ0n) is 14.1. The fourth-order valence-electron chi connectivity index (χ4n) is 2.44. The van der Waals surface area contributed by atoms with Crippen LogP contribution in [0.3, 0.4) is 0 Å². The van der Waals surface area contributed by atoms with E-state index in [2.05, 4.69) is 31.8 Å². The van der Waals surface area contributed by atoms with Gasteiger partial charge in [-0.1, -0.05) is 15.9 Å². The van der Waals surface area contributed by atoms with E-state index in [0.717, 1.165) is 9.86 Å². The van der Waals surface area contributed by atoms with E-state index in [-0.39, 0.29) is 5.69 Å². The molecule has 0 saturated heterocycles. The number of ether oxygens (including phenoxy) is 2. The topological polar surface area (TPSA) is 92.4 Å². The van der Waals surface area contributed by atoms with Crippen LogP contribution < -0.4 is 20.3 Å². The van der Waals surface area contributed by atoms with Gasteiger partial charge >= 0.3 is 0 Å². The number of nitrogens with one attached hydrogen (secondary N) is 3. The Labute approximate surface area is 157 Å². The summed E-state index contributed by atoms with van der Waals surface area (Å²) in [5, 5.41) is 0.755. The average molecular weight is 418 g/mol. The van der Waals surface area contributed by atoms with E-state index in [1.54, 1.807) is 49.6 Å². The van der Waals surface area contributed by atoms with E-state index in [1.165, 1.54) is 7.11 Å². The lowest BCUT2D eigenvalue weighted by Crippen LogP contribution is -2.41. The number of aromatic amines is 1. The molecule has 0 aliphatic rings. The van der Waals surface area contributed by atoms with Gasteiger partial charge in [-0.05, 0) is 36.4 Å². The first-order valence-electron chi connectivity index (χ1n) is 7.63. The summed E-state index contributed by atoms with van der Waals surface area (Å²) in [4.78, 5) is 27.4. The molecule has 0 atom stereocenters. The molecule has 0 radical (unpaired) electrons. The molecule has 2 aromatic carbocycles. The first-order valence-corrected chi connectivity index (χ1v) is 8.42. The van der Waals surface area contributed by atoms with Gasteiger partial charge in [0, 0.05) is 21.5 Å². The largest absolute Gasteiger partial charge is 0.497 e. The summed E-state index contributed by atoms with van der Waals surface area (Å²) in [6.45, 7) is 0. The predicted molar refractivity (Wildman–Crippen MR) is 100 cm³/mol. The van der Waals surface area contributed by atoms with Crippen LogP contribution in [0, 0.1) is 0 Å². The van der Waals surface area contributed by atoms with E-state index in [1.807, 2.05) is 0 Å². The average Bonchev–Trinajstić information content (AvgIpc) is 3.09. The van der Waals surface area contributed by atoms with Crippen LogP contribution in [0.25, 0.3) is 10.9 Å². The monoisotopic (exact) mass is 417 g/mol. The van der Waals surface area contributed by atoms with Gasteiger partial charge in [0.15, 0.2) is 0 Å². The highest BCUT2D eigenvalue weighted by Gasteiger charge is 2.14. The minimum absolute atomic E-state index is 0.280. The van der Waals surface area contributed by atoms with Crippen molar-refractivity contribution in [3.05, 3.63) is 58.2 Å². The van der Waals surface area contributed by atoms with Crippen LogP contribution in [0.15, 0.2) is 46.9 Å². The Bertz CT molecular complexity index is 966. The van der Waals surface area contributed by atoms with Crippen LogP contribution in [0.1, 0.15) is 20.8 Å². The van der Waals surface area contributed by atoms with Gasteiger partial charge in [0.25, 0.3) is 11.8 Å². The van der Waals surface area contributed by atoms with Crippen LogP contribution in [0.2, 0.25) is 0 Å². The molecule has 7 nitrogen and oxygen atoms in total. The lowest BCUT2D eigenvalue weighted by molar-refractivity contribution is 0.0844. The molecule has 26 heavy (non-hydrogen) atoms. The summed E-state index contributed by atoms with van der Waals surface area (Å²) in [6, 6.07) is 11.9. The smallest absolute Gasteiger partial charge is 0.286 e. The third-order valence-electron chi connectivity index (χ3n) is 3.76. The van der Waals surface area contributed by atoms with Crippen molar-refractivity contribution in [1.29, 1.82) is 0 Å². The molecule has 0 unspecified atom stereocenters. The number of hydrazine groups is 1. The van der Waals surface area contributed by atoms with E-state index in [0.29, 0.717) is 22.6 Å². The highest BCUT2D eigenvalue weighted by atomic mass is 79.9. The number of aromatic nitrogens is 1. The molecule has 8 heteroatoms. The second-order valence-corrected chi connectivity index (χ2v) is 6.31. The van der Waals surface area contributed by atoms with Crippen LogP contribution in [0.4, 0.5) is 0 Å². The fourth-order valence-corrected chi connectivity index (χ4v) is 2.70. The Morgan fingerprint density at radius 3 is 2.31 bits per heavy atom. The van der Waals surface area contributed by atoms with Crippen molar-refractivity contribution in [2.75, 3.05) is 14.2 Å². The standard InChI is InChI=1S/C18H16BrN3O4/c1-25-13-7-11-8-14(20-16(11)15(9-13)26-2)18(24)22-21-17(23)10-3-5-12(19)6-4-10/h3-9,20H,1-2H3,(H,21,23)(H,22,24). The number of H-pyrrole nitrogens is 1. The third-order valence-corrected chi connectivity index (χ3v) is 4.29. The predicted octanol–water partition coefficient (Wildman–Crippen LogP) is 3.02. The SMILES string of the molecule is COc1cc(OC)c2[nH]c(C(=O)NNC(=O)c3ccc(Br)cc3)cc2c1. The molecule has 0 fully saturated rings. The van der Waals surface area contributed by atoms with Crippen molar-refractivity contribution in [1.82, 2.24) is 15.8 Å². The maximum Gasteiger partial charge on any atom is 0.286 e. The summed E-state index contributed by atoms with van der Waals surface area (Å²) in [5.41, 5.74) is 6.14. The Balaban J connectivity index is 1.75. The molecule has 0 aliphatic carbocycles. The van der Waals surface area contributed by atoms with Gasteiger partial charge in [0.2, 0.25) is 0 Å². The Morgan fingerprint density at radius 1 is 0.962 bits per heavy atom. The highest BCUT2D eigenvalue weighted by Crippen LogP contribution is 2.31. The first kappa shape index (κ1) is 17.8. The molecule has 3 aromatic rings. The van der Waals surface area contributed by atoms with Crippen molar-refractivity contribution in [3.63, 3.8) is 0 Å². The zero-order chi connectivity index (χ0) is 18.7. The van der Waals surface area contributed by atoms with E-state index >= 15 is 0 Å². The first-order chi connectivity index (χ1) is 12.5. The molecule has 0 aliphatic heterocycles. The molecule has 0 bridgehead atoms. The minimum Gasteiger partial charge on any atom is -0.497 e. The third kappa shape index (κ3) is 3.65. The quantitative estimate of drug-likeness (QED) is 0.568. The summed E-state index contributed by atoms with van der Waals surface area (Å²) >= 11 is 3.30. The fraction of sp³-hybridized carbons (Fsp3) is 0.111. The van der Waals surface area contributed by atoms with Gasteiger partial charge in [-0.15, -0.1) is 0 Å². The molecular weight excluding hydrogens is 402 g/mol. The van der Waals surface area contributed by atoms with Gasteiger partial charge in [0.05, 0.1) is 19.7 Å². The van der Waals surface area contributed by atoms with Crippen LogP contribution >= 0.6 is 15.9 Å². The van der Waals surface area contributed by atoms with E-state index in [9.17, 15) is 9.59 Å². The number of rotatable bonds is 4. The van der Waals surface area contributed by atoms with Gasteiger partial charge in [-0.25, -0.2) is 0 Å². The van der Waals surface area contributed by atoms with Gasteiger partial charge in [0.1, 0.15) is 17.2 Å². The van der Waals surface area contributed by atoms with E-state index < -0.39 is 11.8 Å². The molecule has 0 saturated carbocycles. The number of carbonyl (C=O) groups excluding carboxylic acids is 2. The maximum absolute atomic E-state index is 12.3. The molecule has 134 valence electrons. The van der Waals surface area contributed by atoms with Crippen molar-refractivity contribution in [2.24, 2.45) is 0 Å². The summed E-state index contributed by atoms with van der Waals surface area (Å²) in [6.07, 6.45) is 0. The number of methoxy groups -OCH3 is 2. The van der Waals surface area contributed by atoms with Gasteiger partial charge in [-0.3, -0.25) is 20.4 Å². The van der Waals surface area contributed by atoms with Gasteiger partial charge in [-0.2, -0.15) is 0 Å². The Morgan fingerprint density at radius 2 is 1.65 bits per heavy atom. The van der Waals surface area contributed by atoms with Crippen molar-refractivity contribution in [3.8, 4) is 11.5 Å². The molecule has 0 spiro atoms. The second kappa shape index (κ2) is 7.49. The van der Waals surface area contributed by atoms with E-state index in [4.69, 9.17) is 9.47 Å². The number of hydrogen-bond donors (Lipinski definition) is 3. The number of halogens is 1. The summed E-state index contributed by atoms with van der Waals surface area (Å²) in [7, 11) is 3.09. The van der Waals surface area contributed by atoms with Crippen LogP contribution in [-0.2, 0) is 0 Å². The molecular formula is C18H16BrN3O4. The minimum atomic E-state index is -0.479. The Hall–Kier alpha value is -3.00. The van der Waals surface area contributed by atoms with Crippen molar-refractivity contribution < 1.29 is 19.1 Å². The molecule has 2 amide bonds. The van der Waals surface area contributed by atoms with Crippen molar-refractivity contribution in [2.45, 2.75) is 0 Å². The molecule has 3 N–H and O–H groups in total. The number of hydrogen-bond acceptors (Lipinski definition) is 4. The summed E-state index contributed by atoms with van der Waals surface area (Å²) < 4.78 is 11.4. The number of fused-ring (bicyclic) bond motifs is 1. The van der Waals surface area contributed by atoms with Crippen LogP contribution in [0.5, 0.6) is 11.5 Å². The highest BCUT2D eigenvalue weighted by molar-refractivity contribution is 9.10. The van der Waals surface area contributed by atoms with Crippen LogP contribution in [-0.4, -0.2) is 31.0 Å². The van der Waals surface area contributed by atoms with Gasteiger partial charge < -0.3 is 14.5 Å². The number of amides is 2.